The Hall–Kier alpha value is -13.3. The zero-order chi connectivity index (χ0) is 107. The number of carbonyl (C=O) groups is 4. The number of aromatic nitrogens is 18. The van der Waals surface area contributed by atoms with E-state index in [9.17, 15) is 107 Å². The van der Waals surface area contributed by atoms with Gasteiger partial charge in [0.25, 0.3) is 0 Å². The Morgan fingerprint density at radius 1 is 0.383 bits per heavy atom. The third-order valence-electron chi connectivity index (χ3n) is 28.0. The van der Waals surface area contributed by atoms with Crippen LogP contribution in [0.5, 0.6) is 5.75 Å². The van der Waals surface area contributed by atoms with Crippen molar-refractivity contribution >= 4 is 135 Å². The van der Waals surface area contributed by atoms with E-state index >= 15 is 0 Å². The predicted molar refractivity (Wildman–Crippen MR) is 500 cm³/mol. The molecule has 0 aliphatic carbocycles. The lowest BCUT2D eigenvalue weighted by molar-refractivity contribution is -0.274. The molecule has 3 aromatic carbocycles. The highest BCUT2D eigenvalue weighted by Gasteiger charge is 2.49. The number of alkyl halides is 18. The normalized spacial score (nSPS) is 20.6. The summed E-state index contributed by atoms with van der Waals surface area (Å²) in [5, 5.41) is 31.3. The maximum Gasteiger partial charge on any atom is 0.573 e. The molecule has 10 aromatic heterocycles. The minimum atomic E-state index is -4.84. The number of amides is 4. The van der Waals surface area contributed by atoms with Crippen molar-refractivity contribution in [1.29, 1.82) is 0 Å². The van der Waals surface area contributed by atoms with Gasteiger partial charge in [-0.25, -0.2) is 23.4 Å². The average Bonchev–Trinajstić information content (AvgIpc) is 1.51. The number of benzene rings is 3. The molecule has 0 radical (unpaired) electrons. The number of pyridine rings is 5. The standard InChI is InChI=1S/C25H24F3N7O2.C23H21ClF6N6O2.C23H24ClF3N6O3S.C22H20ClF6N7O/c1-15-13-33(20-4-6-29-19-12-16(2-3-18(19)20)22-30-7-11-37-22)8-5-17(15)23(36)34-9-10-35-21(14-34)31-32-24(35)25(26,27)28;1-12-10-34(19-15-3-2-13(38-23(28,29)30)8-17(15)31-9-16(19)24)5-4-14(12)20(37)35-6-7-36-18(11-35)32-33-21(36)22(25,26)27;1-13-11-31(20-16-4-3-14(37(2,35)36)9-18(16)28-10-17(20)24)6-5-15(13)21(34)32-7-8-33-19(12-32)29-30-22(33)23(25,26)27;1-11-9-34(17-13-2-3-15(21(24,25)26)31-18(13)30-8-14(17)23)5-4-12(11)19(37)35-6-7-36-16(10-35)32-33-20(36)22(27,28)29/h2-4,6-7,11-12,15,17H,5,8-10,13-14H2,1H3;2-3,8-9,12,14H,4-7,10-11H2,1H3;3-4,9-10,13,15H,5-8,11-12H2,1-2H3;2-3,8,11-12H,4-7,9-10H2,1H3/t15-,17+;12-,14+;13-,15+;11-,12+/m1111/s1. The van der Waals surface area contributed by atoms with Crippen molar-refractivity contribution in [2.24, 2.45) is 47.3 Å². The molecular weight excluding hydrogens is 2090 g/mol. The fraction of sp³-hybridized carbons (Fsp3) is 0.462. The molecule has 4 amide bonds. The topological polar surface area (TPSA) is 351 Å². The first-order chi connectivity index (χ1) is 70.3. The molecule has 18 heterocycles. The quantitative estimate of drug-likeness (QED) is 0.109. The minimum Gasteiger partial charge on any atom is -0.445 e. The Balaban J connectivity index is 0.000000130. The van der Waals surface area contributed by atoms with Gasteiger partial charge in [0.15, 0.2) is 38.8 Å². The maximum atomic E-state index is 13.4. The molecule has 56 heteroatoms. The van der Waals surface area contributed by atoms with Crippen molar-refractivity contribution in [1.82, 2.24) is 109 Å². The molecule has 13 aromatic rings. The second kappa shape index (κ2) is 40.9. The molecule has 4 saturated heterocycles. The number of anilines is 4. The van der Waals surface area contributed by atoms with Crippen LogP contribution in [-0.4, -0.2) is 232 Å². The molecule has 0 N–H and O–H groups in total. The summed E-state index contributed by atoms with van der Waals surface area (Å²) >= 11 is 19.4. The molecule has 792 valence electrons. The van der Waals surface area contributed by atoms with Crippen LogP contribution in [0.3, 0.4) is 0 Å². The van der Waals surface area contributed by atoms with Gasteiger partial charge in [-0.3, -0.25) is 34.1 Å². The van der Waals surface area contributed by atoms with Gasteiger partial charge in [-0.15, -0.1) is 54.0 Å². The number of fused-ring (bicyclic) bond motifs is 8. The molecule has 21 rings (SSSR count). The fourth-order valence-electron chi connectivity index (χ4n) is 20.8. The number of hydrogen-bond donors (Lipinski definition) is 0. The maximum absolute atomic E-state index is 13.4. The van der Waals surface area contributed by atoms with Gasteiger partial charge < -0.3 is 66.6 Å². The highest BCUT2D eigenvalue weighted by atomic mass is 35.5. The lowest BCUT2D eigenvalue weighted by atomic mass is 9.85. The van der Waals surface area contributed by atoms with E-state index in [0.717, 1.165) is 58.4 Å². The van der Waals surface area contributed by atoms with E-state index in [-0.39, 0.29) is 188 Å². The minimum absolute atomic E-state index is 0.00970. The first kappa shape index (κ1) is 106. The van der Waals surface area contributed by atoms with Crippen molar-refractivity contribution in [3.05, 3.63) is 177 Å². The SMILES string of the molecule is C[C@@H]1CN(c2c(Cl)cnc3cc(OC(F)(F)F)ccc23)CC[C@@H]1C(=O)N1CCn2c(nnc2C(F)(F)F)C1.C[C@@H]1CN(c2c(Cl)cnc3cc(S(C)(=O)=O)ccc23)CC[C@@H]1C(=O)N1CCn2c(nnc2C(F)(F)F)C1.C[C@@H]1CN(c2c(Cl)cnc3nc(C(F)(F)F)ccc23)CC[C@@H]1C(=O)N1CCn2c(nnc2C(F)(F)F)C1.C[C@@H]1CN(c2ccnc3cc(-c4ncco4)ccc23)CC[C@@H]1C(=O)N1CCn2c(nnc2C(F)(F)F)C1. The van der Waals surface area contributed by atoms with E-state index < -0.39 is 87.7 Å². The Morgan fingerprint density at radius 2 is 0.745 bits per heavy atom. The van der Waals surface area contributed by atoms with Crippen molar-refractivity contribution in [3.63, 3.8) is 0 Å². The number of ether oxygens (including phenoxy) is 1. The average molecular weight is 2180 g/mol. The van der Waals surface area contributed by atoms with E-state index in [4.69, 9.17) is 39.2 Å². The number of oxazole rings is 1. The number of rotatable bonds is 11. The Morgan fingerprint density at radius 3 is 1.12 bits per heavy atom. The predicted octanol–water partition coefficient (Wildman–Crippen LogP) is 16.7. The molecule has 0 spiro atoms. The second-order valence-electron chi connectivity index (χ2n) is 37.7. The summed E-state index contributed by atoms with van der Waals surface area (Å²) in [7, 11) is -3.40. The van der Waals surface area contributed by atoms with Gasteiger partial charge in [0.1, 0.15) is 17.7 Å². The van der Waals surface area contributed by atoms with E-state index in [2.05, 4.69) is 85.2 Å². The van der Waals surface area contributed by atoms with Crippen LogP contribution in [0.4, 0.5) is 102 Å². The van der Waals surface area contributed by atoms with Gasteiger partial charge >= 0.3 is 37.2 Å². The monoisotopic (exact) mass is 2180 g/mol. The van der Waals surface area contributed by atoms with Crippen LogP contribution in [0.2, 0.25) is 15.1 Å². The lowest BCUT2D eigenvalue weighted by Crippen LogP contribution is -2.49. The van der Waals surface area contributed by atoms with Crippen LogP contribution in [0.1, 0.15) is 106 Å². The zero-order valence-electron chi connectivity index (χ0n) is 79.2. The summed E-state index contributed by atoms with van der Waals surface area (Å²) < 4.78 is 272. The van der Waals surface area contributed by atoms with Crippen LogP contribution in [0.25, 0.3) is 55.2 Å². The molecule has 8 atom stereocenters. The highest BCUT2D eigenvalue weighted by molar-refractivity contribution is 7.90. The summed E-state index contributed by atoms with van der Waals surface area (Å²) in [6.07, 6.45) is -15.6. The van der Waals surface area contributed by atoms with Gasteiger partial charge in [-0.05, 0) is 116 Å². The molecule has 0 bridgehead atoms. The van der Waals surface area contributed by atoms with Crippen LogP contribution < -0.4 is 24.3 Å². The number of piperidine rings is 4. The van der Waals surface area contributed by atoms with Crippen LogP contribution in [0, 0.1) is 47.3 Å². The van der Waals surface area contributed by atoms with Gasteiger partial charge in [0, 0.05) is 192 Å². The summed E-state index contributed by atoms with van der Waals surface area (Å²) in [6.45, 7) is 12.2. The molecule has 4 fully saturated rings. The van der Waals surface area contributed by atoms with E-state index in [1.54, 1.807) is 28.3 Å². The highest BCUT2D eigenvalue weighted by Crippen LogP contribution is 2.47. The first-order valence-electron chi connectivity index (χ1n) is 46.9. The van der Waals surface area contributed by atoms with E-state index in [1.807, 2.05) is 61.8 Å². The van der Waals surface area contributed by atoms with Crippen LogP contribution in [0.15, 0.2) is 119 Å². The number of nitrogens with zero attached hydrogens (tertiary/aromatic N) is 26. The fourth-order valence-corrected chi connectivity index (χ4v) is 22.3. The van der Waals surface area contributed by atoms with E-state index in [0.29, 0.717) is 127 Å². The smallest absolute Gasteiger partial charge is 0.445 e. The van der Waals surface area contributed by atoms with E-state index in [1.165, 1.54) is 71.1 Å². The third kappa shape index (κ3) is 22.1. The zero-order valence-corrected chi connectivity index (χ0v) is 82.3. The molecule has 34 nitrogen and oxygen atoms in total. The molecule has 149 heavy (non-hydrogen) atoms. The van der Waals surface area contributed by atoms with Crippen molar-refractivity contribution in [3.8, 4) is 17.2 Å². The van der Waals surface area contributed by atoms with Gasteiger partial charge in [0.2, 0.25) is 52.8 Å². The molecule has 0 saturated carbocycles. The molecule has 8 aliphatic heterocycles. The summed E-state index contributed by atoms with van der Waals surface area (Å²) in [4.78, 5) is 92.7. The largest absolute Gasteiger partial charge is 0.573 e. The summed E-state index contributed by atoms with van der Waals surface area (Å²) in [5.74, 6) is -5.70. The van der Waals surface area contributed by atoms with Crippen molar-refractivity contribution in [2.45, 2.75) is 148 Å². The van der Waals surface area contributed by atoms with Crippen molar-refractivity contribution in [2.75, 3.05) is 104 Å². The van der Waals surface area contributed by atoms with Crippen LogP contribution in [-0.2, 0) is 112 Å². The number of sulfone groups is 1. The first-order valence-corrected chi connectivity index (χ1v) is 49.9. The third-order valence-corrected chi connectivity index (χ3v) is 29.9. The number of carbonyl (C=O) groups excluding carboxylic acids is 4. The lowest BCUT2D eigenvalue weighted by Gasteiger charge is -2.40. The molecule has 8 aliphatic rings. The Labute approximate surface area is 849 Å². The Bertz CT molecular complexity index is 7400. The number of hydrogen-bond acceptors (Lipinski definition) is 26. The van der Waals surface area contributed by atoms with Crippen LogP contribution >= 0.6 is 34.8 Å². The summed E-state index contributed by atoms with van der Waals surface area (Å²) in [6, 6.07) is 18.6. The second-order valence-corrected chi connectivity index (χ2v) is 40.9. The Kier molecular flexibility index (Phi) is 28.9. The number of halogens is 21. The van der Waals surface area contributed by atoms with Gasteiger partial charge in [0.05, 0.1) is 92.1 Å². The summed E-state index contributed by atoms with van der Waals surface area (Å²) in [5.41, 5.74) is 4.18. The molecular formula is C93H89Cl3F18N26O8S. The van der Waals surface area contributed by atoms with Gasteiger partial charge in [-0.2, -0.15) is 65.9 Å². The van der Waals surface area contributed by atoms with Gasteiger partial charge in [-0.1, -0.05) is 62.5 Å². The molecule has 0 unspecified atom stereocenters. The van der Waals surface area contributed by atoms with Crippen molar-refractivity contribution < 1.29 is 116 Å².